The van der Waals surface area contributed by atoms with Gasteiger partial charge in [-0.05, 0) is 41.4 Å². The molecular weight excluding hydrogens is 139 g/mol. The molecule has 2 aliphatic carbocycles. The van der Waals surface area contributed by atoms with Gasteiger partial charge in [0.1, 0.15) is 0 Å². The normalized spacial score (nSPS) is 63.0. The number of rotatable bonds is 0. The van der Waals surface area contributed by atoms with Gasteiger partial charge in [0.2, 0.25) is 0 Å². The molecule has 2 unspecified atom stereocenters. The summed E-state index contributed by atoms with van der Waals surface area (Å²) in [5, 5.41) is 0.962. The van der Waals surface area contributed by atoms with E-state index >= 15 is 0 Å². The molecule has 0 aromatic rings. The van der Waals surface area contributed by atoms with Gasteiger partial charge in [-0.3, -0.25) is 0 Å². The summed E-state index contributed by atoms with van der Waals surface area (Å²) in [5.41, 5.74) is 1.95. The van der Waals surface area contributed by atoms with Crippen LogP contribution in [0.5, 0.6) is 0 Å². The molecule has 3 aliphatic rings. The summed E-state index contributed by atoms with van der Waals surface area (Å²) in [6.07, 6.45) is 4.70. The van der Waals surface area contributed by atoms with Gasteiger partial charge in [0.25, 0.3) is 0 Å². The molecule has 0 nitrogen and oxygen atoms in total. The highest BCUT2D eigenvalue weighted by Gasteiger charge is 2.73. The van der Waals surface area contributed by atoms with Crippen molar-refractivity contribution in [1.82, 2.24) is 0 Å². The SMILES string of the molecule is CC1(C)C[C@]23PC2CC[C@@H]13. The second-order valence-electron chi connectivity index (χ2n) is 5.03. The molecule has 1 heteroatoms. The van der Waals surface area contributed by atoms with Crippen molar-refractivity contribution in [2.24, 2.45) is 11.3 Å². The van der Waals surface area contributed by atoms with Gasteiger partial charge in [0.15, 0.2) is 0 Å². The van der Waals surface area contributed by atoms with Crippen LogP contribution >= 0.6 is 8.58 Å². The lowest BCUT2D eigenvalue weighted by molar-refractivity contribution is 0.0574. The zero-order chi connectivity index (χ0) is 6.98. The van der Waals surface area contributed by atoms with Crippen molar-refractivity contribution < 1.29 is 0 Å². The summed E-state index contributed by atoms with van der Waals surface area (Å²) < 4.78 is 0. The van der Waals surface area contributed by atoms with Gasteiger partial charge in [-0.15, -0.1) is 8.58 Å². The first-order valence-electron chi connectivity index (χ1n) is 4.43. The van der Waals surface area contributed by atoms with E-state index in [1.54, 1.807) is 19.3 Å². The summed E-state index contributed by atoms with van der Waals surface area (Å²) in [7, 11) is 1.37. The number of hydrogen-bond acceptors (Lipinski definition) is 0. The summed E-state index contributed by atoms with van der Waals surface area (Å²) >= 11 is 0. The molecule has 0 amide bonds. The highest BCUT2D eigenvalue weighted by Crippen LogP contribution is 2.83. The molecule has 0 aromatic carbocycles. The fourth-order valence-corrected chi connectivity index (χ4v) is 6.30. The Kier molecular flexibility index (Phi) is 0.800. The van der Waals surface area contributed by atoms with Crippen LogP contribution in [0, 0.1) is 11.3 Å². The van der Waals surface area contributed by atoms with Crippen molar-refractivity contribution in [3.8, 4) is 0 Å². The smallest absolute Gasteiger partial charge is 0.00154 e. The van der Waals surface area contributed by atoms with Crippen LogP contribution < -0.4 is 0 Å². The van der Waals surface area contributed by atoms with Crippen LogP contribution in [0.1, 0.15) is 33.1 Å². The fraction of sp³-hybridized carbons (Fsp3) is 1.00. The second kappa shape index (κ2) is 1.33. The zero-order valence-corrected chi connectivity index (χ0v) is 7.78. The molecule has 0 radical (unpaired) electrons. The average molecular weight is 154 g/mol. The molecule has 2 saturated carbocycles. The van der Waals surface area contributed by atoms with Crippen LogP contribution in [-0.4, -0.2) is 10.8 Å². The molecule has 3 fully saturated rings. The Labute approximate surface area is 64.6 Å². The molecule has 1 saturated heterocycles. The Morgan fingerprint density at radius 1 is 1.30 bits per heavy atom. The molecule has 0 aromatic heterocycles. The van der Waals surface area contributed by atoms with Crippen molar-refractivity contribution in [3.63, 3.8) is 0 Å². The lowest BCUT2D eigenvalue weighted by Gasteiger charge is -2.50. The fourth-order valence-electron chi connectivity index (χ4n) is 3.68. The van der Waals surface area contributed by atoms with Crippen LogP contribution in [0.25, 0.3) is 0 Å². The first kappa shape index (κ1) is 6.00. The third-order valence-electron chi connectivity index (χ3n) is 4.04. The minimum Gasteiger partial charge on any atom is -0.111 e. The minimum absolute atomic E-state index is 0.734. The van der Waals surface area contributed by atoms with E-state index < -0.39 is 0 Å². The van der Waals surface area contributed by atoms with Gasteiger partial charge in [0, 0.05) is 0 Å². The zero-order valence-electron chi connectivity index (χ0n) is 6.78. The van der Waals surface area contributed by atoms with Crippen LogP contribution in [0.2, 0.25) is 0 Å². The summed E-state index contributed by atoms with van der Waals surface area (Å²) in [4.78, 5) is 0. The third-order valence-corrected chi connectivity index (χ3v) is 6.29. The molecule has 0 N–H and O–H groups in total. The highest BCUT2D eigenvalue weighted by atomic mass is 31.1. The van der Waals surface area contributed by atoms with E-state index in [0.717, 1.165) is 16.5 Å². The Balaban J connectivity index is 1.95. The lowest BCUT2D eigenvalue weighted by Crippen LogP contribution is -2.47. The molecule has 1 spiro atoms. The average Bonchev–Trinajstić information content (AvgIpc) is 2.38. The van der Waals surface area contributed by atoms with E-state index in [2.05, 4.69) is 13.8 Å². The summed E-state index contributed by atoms with van der Waals surface area (Å²) in [6.45, 7) is 4.93. The predicted octanol–water partition coefficient (Wildman–Crippen LogP) is 2.63. The van der Waals surface area contributed by atoms with Gasteiger partial charge in [-0.2, -0.15) is 0 Å². The topological polar surface area (TPSA) is 0 Å². The van der Waals surface area contributed by atoms with Crippen LogP contribution in [0.15, 0.2) is 0 Å². The molecule has 56 valence electrons. The van der Waals surface area contributed by atoms with Gasteiger partial charge in [-0.25, -0.2) is 0 Å². The van der Waals surface area contributed by atoms with Gasteiger partial charge >= 0.3 is 0 Å². The Morgan fingerprint density at radius 2 is 2.10 bits per heavy atom. The molecule has 3 rings (SSSR count). The van der Waals surface area contributed by atoms with Crippen LogP contribution in [0.4, 0.5) is 0 Å². The van der Waals surface area contributed by atoms with Crippen molar-refractivity contribution in [2.45, 2.75) is 43.9 Å². The molecule has 4 atom stereocenters. The summed E-state index contributed by atoms with van der Waals surface area (Å²) in [6, 6.07) is 0. The molecule has 1 aliphatic heterocycles. The standard InChI is InChI=1S/C9H15P/c1-8(2)5-9-6(8)3-4-7(9)10-9/h6-7,10H,3-5H2,1-2H3/t6-,7?,9+/m0/s1. The second-order valence-corrected chi connectivity index (χ2v) is 6.95. The van der Waals surface area contributed by atoms with Crippen molar-refractivity contribution in [2.75, 3.05) is 0 Å². The van der Waals surface area contributed by atoms with E-state index in [0.29, 0.717) is 0 Å². The van der Waals surface area contributed by atoms with E-state index in [1.165, 1.54) is 14.2 Å². The summed E-state index contributed by atoms with van der Waals surface area (Å²) in [5.74, 6) is 1.14. The first-order valence-corrected chi connectivity index (χ1v) is 5.51. The molecule has 0 bridgehead atoms. The third kappa shape index (κ3) is 0.442. The van der Waals surface area contributed by atoms with Crippen molar-refractivity contribution in [1.29, 1.82) is 0 Å². The number of hydrogen-bond donors (Lipinski definition) is 0. The van der Waals surface area contributed by atoms with Crippen molar-refractivity contribution >= 4 is 8.58 Å². The van der Waals surface area contributed by atoms with Gasteiger partial charge in [-0.1, -0.05) is 13.8 Å². The Hall–Kier alpha value is 0.430. The van der Waals surface area contributed by atoms with E-state index in [1.807, 2.05) is 0 Å². The molecule has 1 heterocycles. The van der Waals surface area contributed by atoms with E-state index in [-0.39, 0.29) is 0 Å². The first-order chi connectivity index (χ1) is 4.65. The van der Waals surface area contributed by atoms with Crippen molar-refractivity contribution in [3.05, 3.63) is 0 Å². The van der Waals surface area contributed by atoms with E-state index in [4.69, 9.17) is 0 Å². The largest absolute Gasteiger partial charge is 0.111 e. The molecular formula is C9H15P. The minimum atomic E-state index is 0.734. The predicted molar refractivity (Wildman–Crippen MR) is 46.0 cm³/mol. The van der Waals surface area contributed by atoms with Crippen LogP contribution in [0.3, 0.4) is 0 Å². The maximum atomic E-state index is 2.47. The highest BCUT2D eigenvalue weighted by molar-refractivity contribution is 7.50. The quantitative estimate of drug-likeness (QED) is 0.470. The Bertz CT molecular complexity index is 195. The van der Waals surface area contributed by atoms with Gasteiger partial charge < -0.3 is 0 Å². The maximum absolute atomic E-state index is 2.47. The monoisotopic (exact) mass is 154 g/mol. The Morgan fingerprint density at radius 3 is 2.50 bits per heavy atom. The maximum Gasteiger partial charge on any atom is -0.00154 e. The van der Waals surface area contributed by atoms with Crippen LogP contribution in [-0.2, 0) is 0 Å². The van der Waals surface area contributed by atoms with Gasteiger partial charge in [0.05, 0.1) is 0 Å². The molecule has 10 heavy (non-hydrogen) atoms. The van der Waals surface area contributed by atoms with E-state index in [9.17, 15) is 0 Å². The lowest BCUT2D eigenvalue weighted by atomic mass is 9.57.